The molecular formula is C17H15ClN2O. The molecule has 0 bridgehead atoms. The summed E-state index contributed by atoms with van der Waals surface area (Å²) in [6, 6.07) is 13.7. The molecule has 3 rings (SSSR count). The Morgan fingerprint density at radius 2 is 1.90 bits per heavy atom. The molecular weight excluding hydrogens is 284 g/mol. The predicted octanol–water partition coefficient (Wildman–Crippen LogP) is 4.52. The van der Waals surface area contributed by atoms with E-state index in [1.54, 1.807) is 7.11 Å². The van der Waals surface area contributed by atoms with E-state index in [0.29, 0.717) is 11.0 Å². The van der Waals surface area contributed by atoms with Gasteiger partial charge in [-0.2, -0.15) is 0 Å². The average molecular weight is 299 g/mol. The first-order chi connectivity index (χ1) is 10.2. The van der Waals surface area contributed by atoms with Gasteiger partial charge in [0.05, 0.1) is 12.6 Å². The largest absolute Gasteiger partial charge is 0.497 e. The summed E-state index contributed by atoms with van der Waals surface area (Å²) in [4.78, 5) is 9.12. The van der Waals surface area contributed by atoms with E-state index < -0.39 is 0 Å². The maximum Gasteiger partial charge on any atom is 0.161 e. The zero-order valence-corrected chi connectivity index (χ0v) is 12.7. The third-order valence-corrected chi connectivity index (χ3v) is 3.76. The average Bonchev–Trinajstić information content (AvgIpc) is 2.54. The highest BCUT2D eigenvalue weighted by Crippen LogP contribution is 2.28. The van der Waals surface area contributed by atoms with Crippen molar-refractivity contribution in [3.63, 3.8) is 0 Å². The molecule has 0 atom stereocenters. The topological polar surface area (TPSA) is 35.0 Å². The fourth-order valence-electron chi connectivity index (χ4n) is 2.35. The molecule has 3 nitrogen and oxygen atoms in total. The van der Waals surface area contributed by atoms with Crippen LogP contribution in [0.15, 0.2) is 42.5 Å². The molecule has 0 aliphatic heterocycles. The van der Waals surface area contributed by atoms with Crippen LogP contribution in [0.25, 0.3) is 22.3 Å². The van der Waals surface area contributed by atoms with E-state index in [9.17, 15) is 0 Å². The number of halogens is 1. The van der Waals surface area contributed by atoms with Crippen molar-refractivity contribution in [3.05, 3.63) is 53.2 Å². The predicted molar refractivity (Wildman–Crippen MR) is 85.9 cm³/mol. The smallest absolute Gasteiger partial charge is 0.161 e. The number of rotatable bonds is 3. The molecule has 4 heteroatoms. The molecule has 0 saturated heterocycles. The molecule has 0 spiro atoms. The van der Waals surface area contributed by atoms with E-state index in [4.69, 9.17) is 21.3 Å². The number of benzene rings is 2. The van der Waals surface area contributed by atoms with Gasteiger partial charge in [-0.1, -0.05) is 42.8 Å². The van der Waals surface area contributed by atoms with E-state index in [1.807, 2.05) is 36.4 Å². The Kier molecular flexibility index (Phi) is 3.76. The fraction of sp³-hybridized carbons (Fsp3) is 0.176. The van der Waals surface area contributed by atoms with E-state index in [0.717, 1.165) is 28.6 Å². The second-order valence-corrected chi connectivity index (χ2v) is 5.09. The van der Waals surface area contributed by atoms with Gasteiger partial charge in [-0.25, -0.2) is 9.97 Å². The molecule has 0 fully saturated rings. The minimum absolute atomic E-state index is 0.480. The van der Waals surface area contributed by atoms with Crippen molar-refractivity contribution in [2.24, 2.45) is 0 Å². The molecule has 0 amide bonds. The Balaban J connectivity index is 2.23. The summed E-state index contributed by atoms with van der Waals surface area (Å²) >= 11 is 6.33. The number of methoxy groups -OCH3 is 1. The van der Waals surface area contributed by atoms with Crippen molar-refractivity contribution < 1.29 is 4.74 Å². The van der Waals surface area contributed by atoms with Gasteiger partial charge in [0.25, 0.3) is 0 Å². The van der Waals surface area contributed by atoms with Gasteiger partial charge in [0.15, 0.2) is 5.82 Å². The zero-order valence-electron chi connectivity index (χ0n) is 11.9. The van der Waals surface area contributed by atoms with Gasteiger partial charge in [-0.15, -0.1) is 0 Å². The molecule has 3 aromatic rings. The number of ether oxygens (including phenoxy) is 1. The summed E-state index contributed by atoms with van der Waals surface area (Å²) in [6.07, 6.45) is 0.905. The Labute approximate surface area is 128 Å². The third-order valence-electron chi connectivity index (χ3n) is 3.47. The lowest BCUT2D eigenvalue weighted by Crippen LogP contribution is -1.95. The normalized spacial score (nSPS) is 10.8. The molecule has 0 saturated carbocycles. The summed E-state index contributed by atoms with van der Waals surface area (Å²) in [6.45, 7) is 2.11. The number of aryl methyl sites for hydroxylation is 1. The van der Waals surface area contributed by atoms with Crippen molar-refractivity contribution >= 4 is 22.5 Å². The molecule has 0 aliphatic carbocycles. The number of aromatic nitrogens is 2. The van der Waals surface area contributed by atoms with Gasteiger partial charge < -0.3 is 4.74 Å². The summed E-state index contributed by atoms with van der Waals surface area (Å²) in [7, 11) is 1.64. The van der Waals surface area contributed by atoms with Gasteiger partial charge in [0, 0.05) is 10.9 Å². The van der Waals surface area contributed by atoms with E-state index >= 15 is 0 Å². The molecule has 106 valence electrons. The molecule has 2 aromatic carbocycles. The highest BCUT2D eigenvalue weighted by molar-refractivity contribution is 6.34. The first kappa shape index (κ1) is 13.8. The molecule has 21 heavy (non-hydrogen) atoms. The molecule has 1 aromatic heterocycles. The monoisotopic (exact) mass is 298 g/mol. The summed E-state index contributed by atoms with van der Waals surface area (Å²) in [5.74, 6) is 1.39. The maximum atomic E-state index is 6.33. The van der Waals surface area contributed by atoms with Crippen LogP contribution in [0, 0.1) is 0 Å². The van der Waals surface area contributed by atoms with Crippen LogP contribution in [0.3, 0.4) is 0 Å². The molecule has 1 heterocycles. The molecule has 0 aliphatic rings. The molecule has 0 unspecified atom stereocenters. The lowest BCUT2D eigenvalue weighted by atomic mass is 10.1. The first-order valence-electron chi connectivity index (χ1n) is 6.82. The highest BCUT2D eigenvalue weighted by Gasteiger charge is 2.10. The van der Waals surface area contributed by atoms with E-state index in [1.165, 1.54) is 5.56 Å². The molecule has 0 N–H and O–H groups in total. The van der Waals surface area contributed by atoms with Crippen molar-refractivity contribution in [3.8, 4) is 17.1 Å². The van der Waals surface area contributed by atoms with Crippen LogP contribution in [0.5, 0.6) is 5.75 Å². The molecule has 0 radical (unpaired) electrons. The second kappa shape index (κ2) is 5.70. The number of para-hydroxylation sites is 1. The third kappa shape index (κ3) is 2.57. The SMILES string of the molecule is CCc1cccc2c(Cl)nc(-c3cccc(OC)c3)nc12. The highest BCUT2D eigenvalue weighted by atomic mass is 35.5. The number of fused-ring (bicyclic) bond motifs is 1. The Morgan fingerprint density at radius 3 is 2.67 bits per heavy atom. The minimum atomic E-state index is 0.480. The van der Waals surface area contributed by atoms with Gasteiger partial charge in [0.1, 0.15) is 10.9 Å². The van der Waals surface area contributed by atoms with Crippen LogP contribution in [0.4, 0.5) is 0 Å². The van der Waals surface area contributed by atoms with Crippen molar-refractivity contribution in [2.75, 3.05) is 7.11 Å². The second-order valence-electron chi connectivity index (χ2n) is 4.74. The van der Waals surface area contributed by atoms with Crippen LogP contribution in [-0.4, -0.2) is 17.1 Å². The summed E-state index contributed by atoms with van der Waals surface area (Å²) < 4.78 is 5.25. The standard InChI is InChI=1S/C17H15ClN2O/c1-3-11-6-5-9-14-15(11)19-17(20-16(14)18)12-7-4-8-13(10-12)21-2/h4-10H,3H2,1-2H3. The lowest BCUT2D eigenvalue weighted by Gasteiger charge is -2.08. The maximum absolute atomic E-state index is 6.33. The quantitative estimate of drug-likeness (QED) is 0.667. The van der Waals surface area contributed by atoms with Gasteiger partial charge >= 0.3 is 0 Å². The fourth-order valence-corrected chi connectivity index (χ4v) is 2.58. The van der Waals surface area contributed by atoms with Crippen LogP contribution in [0.2, 0.25) is 5.15 Å². The Morgan fingerprint density at radius 1 is 1.10 bits per heavy atom. The Bertz CT molecular complexity index is 802. The number of nitrogens with zero attached hydrogens (tertiary/aromatic N) is 2. The van der Waals surface area contributed by atoms with Gasteiger partial charge in [-0.3, -0.25) is 0 Å². The van der Waals surface area contributed by atoms with Crippen LogP contribution in [0.1, 0.15) is 12.5 Å². The van der Waals surface area contributed by atoms with Crippen molar-refractivity contribution in [1.82, 2.24) is 9.97 Å². The van der Waals surface area contributed by atoms with E-state index in [2.05, 4.69) is 18.0 Å². The van der Waals surface area contributed by atoms with Gasteiger partial charge in [-0.05, 0) is 30.2 Å². The van der Waals surface area contributed by atoms with Crippen LogP contribution >= 0.6 is 11.6 Å². The van der Waals surface area contributed by atoms with Crippen molar-refractivity contribution in [1.29, 1.82) is 0 Å². The Hall–Kier alpha value is -2.13. The van der Waals surface area contributed by atoms with Crippen LogP contribution in [-0.2, 0) is 6.42 Å². The summed E-state index contributed by atoms with van der Waals surface area (Å²) in [5, 5.41) is 1.37. The number of hydrogen-bond donors (Lipinski definition) is 0. The van der Waals surface area contributed by atoms with Crippen LogP contribution < -0.4 is 4.74 Å². The minimum Gasteiger partial charge on any atom is -0.497 e. The summed E-state index contributed by atoms with van der Waals surface area (Å²) in [5.41, 5.74) is 2.97. The van der Waals surface area contributed by atoms with Gasteiger partial charge in [0.2, 0.25) is 0 Å². The van der Waals surface area contributed by atoms with Crippen molar-refractivity contribution in [2.45, 2.75) is 13.3 Å². The number of hydrogen-bond acceptors (Lipinski definition) is 3. The lowest BCUT2D eigenvalue weighted by molar-refractivity contribution is 0.415. The van der Waals surface area contributed by atoms with E-state index in [-0.39, 0.29) is 0 Å². The first-order valence-corrected chi connectivity index (χ1v) is 7.20. The zero-order chi connectivity index (χ0) is 14.8.